The van der Waals surface area contributed by atoms with Gasteiger partial charge in [-0.1, -0.05) is 53.9 Å². The molecule has 0 aromatic heterocycles. The quantitative estimate of drug-likeness (QED) is 0.535. The molecule has 0 radical (unpaired) electrons. The van der Waals surface area contributed by atoms with Gasteiger partial charge in [-0.05, 0) is 104 Å². The molecule has 0 aromatic rings. The Kier molecular flexibility index (Phi) is 4.60. The van der Waals surface area contributed by atoms with Gasteiger partial charge in [0.15, 0.2) is 0 Å². The summed E-state index contributed by atoms with van der Waals surface area (Å²) < 4.78 is 0. The zero-order valence-electron chi connectivity index (χ0n) is 19.3. The van der Waals surface area contributed by atoms with Crippen LogP contribution in [0, 0.1) is 57.7 Å². The van der Waals surface area contributed by atoms with Crippen LogP contribution < -0.4 is 0 Å². The van der Waals surface area contributed by atoms with Gasteiger partial charge in [0.1, 0.15) is 0 Å². The molecule has 1 spiro atoms. The molecule has 1 nitrogen and oxygen atoms in total. The molecule has 5 aliphatic rings. The van der Waals surface area contributed by atoms with Crippen LogP contribution in [0.2, 0.25) is 0 Å². The first kappa shape index (κ1) is 19.9. The molecular weight excluding hydrogens is 340 g/mol. The van der Waals surface area contributed by atoms with Gasteiger partial charge >= 0.3 is 0 Å². The van der Waals surface area contributed by atoms with Crippen molar-refractivity contribution in [1.29, 1.82) is 0 Å². The van der Waals surface area contributed by atoms with Crippen molar-refractivity contribution >= 4 is 0 Å². The van der Waals surface area contributed by atoms with Gasteiger partial charge in [-0.15, -0.1) is 0 Å². The van der Waals surface area contributed by atoms with E-state index in [0.29, 0.717) is 16.2 Å². The summed E-state index contributed by atoms with van der Waals surface area (Å²) in [7, 11) is 0. The molecular formula is C27H46O. The summed E-state index contributed by atoms with van der Waals surface area (Å²) in [5.41, 5.74) is 1.37. The third kappa shape index (κ3) is 2.47. The molecule has 160 valence electrons. The summed E-state index contributed by atoms with van der Waals surface area (Å²) in [5.74, 6) is 6.17. The first-order chi connectivity index (χ1) is 13.2. The molecule has 1 N–H and O–H groups in total. The van der Waals surface area contributed by atoms with Gasteiger partial charge in [0.25, 0.3) is 0 Å². The largest absolute Gasteiger partial charge is 0.393 e. The van der Waals surface area contributed by atoms with Crippen molar-refractivity contribution in [1.82, 2.24) is 0 Å². The van der Waals surface area contributed by atoms with E-state index in [9.17, 15) is 5.11 Å². The molecule has 5 rings (SSSR count). The van der Waals surface area contributed by atoms with Crippen molar-refractivity contribution in [3.8, 4) is 0 Å². The van der Waals surface area contributed by atoms with Crippen LogP contribution in [-0.4, -0.2) is 11.2 Å². The lowest BCUT2D eigenvalue weighted by atomic mass is 9.45. The summed E-state index contributed by atoms with van der Waals surface area (Å²) >= 11 is 0. The Hall–Kier alpha value is -0.0400. The summed E-state index contributed by atoms with van der Waals surface area (Å²) in [5, 5.41) is 11.3. The second kappa shape index (κ2) is 6.48. The highest BCUT2D eigenvalue weighted by atomic mass is 16.3. The number of rotatable bonds is 5. The number of hydrogen-bond acceptors (Lipinski definition) is 1. The Bertz CT molecular complexity index is 611. The van der Waals surface area contributed by atoms with Gasteiger partial charge < -0.3 is 5.11 Å². The minimum absolute atomic E-state index is 0.0103. The van der Waals surface area contributed by atoms with Crippen molar-refractivity contribution in [2.75, 3.05) is 0 Å². The standard InChI is InChI=1S/C27H46O/c1-17(2)7-6-8-18(3)21-9-10-22-20-15-24(28)27-16-19(27)11-14-26(27,5)23(20)12-13-25(21,22)4/h17-24,28H,6-16H2,1-5H3/t18-,19+,20+,21-,22+,23+,24+,25-,26-,27+/m1/s1. The normalized spacial score (nSPS) is 55.4. The topological polar surface area (TPSA) is 20.2 Å². The van der Waals surface area contributed by atoms with E-state index in [1.807, 2.05) is 0 Å². The van der Waals surface area contributed by atoms with E-state index in [1.54, 1.807) is 0 Å². The van der Waals surface area contributed by atoms with E-state index in [2.05, 4.69) is 34.6 Å². The van der Waals surface area contributed by atoms with Gasteiger partial charge in [0, 0.05) is 5.41 Å². The lowest BCUT2D eigenvalue weighted by Gasteiger charge is -2.60. The highest BCUT2D eigenvalue weighted by Gasteiger charge is 2.77. The summed E-state index contributed by atoms with van der Waals surface area (Å²) in [4.78, 5) is 0. The molecule has 0 aromatic carbocycles. The molecule has 0 heterocycles. The van der Waals surface area contributed by atoms with Crippen LogP contribution >= 0.6 is 0 Å². The van der Waals surface area contributed by atoms with Gasteiger partial charge in [0.2, 0.25) is 0 Å². The highest BCUT2D eigenvalue weighted by molar-refractivity contribution is 5.25. The van der Waals surface area contributed by atoms with Crippen LogP contribution in [0.5, 0.6) is 0 Å². The van der Waals surface area contributed by atoms with E-state index < -0.39 is 0 Å². The Morgan fingerprint density at radius 3 is 2.43 bits per heavy atom. The number of fused-ring (bicyclic) bond motifs is 4. The Labute approximate surface area is 174 Å². The molecule has 10 atom stereocenters. The molecule has 5 aliphatic carbocycles. The first-order valence-corrected chi connectivity index (χ1v) is 12.9. The smallest absolute Gasteiger partial charge is 0.0607 e. The Morgan fingerprint density at radius 1 is 0.929 bits per heavy atom. The predicted octanol–water partition coefficient (Wildman–Crippen LogP) is 7.08. The molecule has 1 heteroatoms. The average molecular weight is 387 g/mol. The van der Waals surface area contributed by atoms with Crippen molar-refractivity contribution in [2.24, 2.45) is 57.7 Å². The van der Waals surface area contributed by atoms with Crippen LogP contribution in [0.1, 0.15) is 105 Å². The number of aliphatic hydroxyl groups excluding tert-OH is 1. The minimum atomic E-state index is 0.0103. The first-order valence-electron chi connectivity index (χ1n) is 12.9. The number of aliphatic hydroxyl groups is 1. The van der Waals surface area contributed by atoms with E-state index in [1.165, 1.54) is 64.2 Å². The molecule has 0 unspecified atom stereocenters. The zero-order chi connectivity index (χ0) is 19.9. The zero-order valence-corrected chi connectivity index (χ0v) is 19.3. The maximum Gasteiger partial charge on any atom is 0.0607 e. The van der Waals surface area contributed by atoms with E-state index in [4.69, 9.17) is 0 Å². The van der Waals surface area contributed by atoms with Crippen molar-refractivity contribution in [3.63, 3.8) is 0 Å². The summed E-state index contributed by atoms with van der Waals surface area (Å²) in [6, 6.07) is 0. The molecule has 28 heavy (non-hydrogen) atoms. The maximum absolute atomic E-state index is 11.3. The van der Waals surface area contributed by atoms with E-state index >= 15 is 0 Å². The summed E-state index contributed by atoms with van der Waals surface area (Å²) in [6.45, 7) is 12.6. The van der Waals surface area contributed by atoms with Gasteiger partial charge in [-0.25, -0.2) is 0 Å². The lowest BCUT2D eigenvalue weighted by Crippen LogP contribution is -2.56. The van der Waals surface area contributed by atoms with Gasteiger partial charge in [-0.3, -0.25) is 0 Å². The van der Waals surface area contributed by atoms with Crippen molar-refractivity contribution in [3.05, 3.63) is 0 Å². The van der Waals surface area contributed by atoms with Crippen molar-refractivity contribution in [2.45, 2.75) is 111 Å². The van der Waals surface area contributed by atoms with Crippen LogP contribution in [-0.2, 0) is 0 Å². The van der Waals surface area contributed by atoms with Crippen LogP contribution in [0.25, 0.3) is 0 Å². The average Bonchev–Trinajstić information content (AvgIpc) is 3.15. The second-order valence-corrected chi connectivity index (χ2v) is 13.1. The fourth-order valence-corrected chi connectivity index (χ4v) is 10.3. The van der Waals surface area contributed by atoms with E-state index in [-0.39, 0.29) is 6.10 Å². The molecule has 5 saturated carbocycles. The molecule has 0 saturated heterocycles. The SMILES string of the molecule is CC(C)CCC[C@@H](C)[C@H]1CC[C@H]2[C@@H]3C[C@H](O)[C@]45C[C@@H]4CC[C@]5(C)[C@H]3CC[C@]12C. The van der Waals surface area contributed by atoms with Crippen LogP contribution in [0.3, 0.4) is 0 Å². The maximum atomic E-state index is 11.3. The van der Waals surface area contributed by atoms with Gasteiger partial charge in [-0.2, -0.15) is 0 Å². The summed E-state index contributed by atoms with van der Waals surface area (Å²) in [6.07, 6.45) is 15.4. The van der Waals surface area contributed by atoms with E-state index in [0.717, 1.165) is 47.8 Å². The van der Waals surface area contributed by atoms with Gasteiger partial charge in [0.05, 0.1) is 6.10 Å². The second-order valence-electron chi connectivity index (χ2n) is 13.1. The Morgan fingerprint density at radius 2 is 1.71 bits per heavy atom. The molecule has 0 bridgehead atoms. The lowest BCUT2D eigenvalue weighted by molar-refractivity contribution is -0.152. The fraction of sp³-hybridized carbons (Fsp3) is 1.00. The number of hydrogen-bond donors (Lipinski definition) is 1. The molecule has 0 amide bonds. The minimum Gasteiger partial charge on any atom is -0.393 e. The third-order valence-corrected chi connectivity index (χ3v) is 11.8. The monoisotopic (exact) mass is 386 g/mol. The Balaban J connectivity index is 1.34. The highest BCUT2D eigenvalue weighted by Crippen LogP contribution is 2.81. The predicted molar refractivity (Wildman–Crippen MR) is 117 cm³/mol. The fourth-order valence-electron chi connectivity index (χ4n) is 10.3. The third-order valence-electron chi connectivity index (χ3n) is 11.8. The molecule has 5 fully saturated rings. The van der Waals surface area contributed by atoms with Crippen LogP contribution in [0.15, 0.2) is 0 Å². The van der Waals surface area contributed by atoms with Crippen LogP contribution in [0.4, 0.5) is 0 Å². The molecule has 0 aliphatic heterocycles. The van der Waals surface area contributed by atoms with Crippen molar-refractivity contribution < 1.29 is 5.11 Å².